The van der Waals surface area contributed by atoms with E-state index in [1.807, 2.05) is 0 Å². The quantitative estimate of drug-likeness (QED) is 0.476. The lowest BCUT2D eigenvalue weighted by Crippen LogP contribution is -2.13. The molecule has 0 heterocycles. The zero-order chi connectivity index (χ0) is 9.61. The molecule has 0 saturated heterocycles. The lowest BCUT2D eigenvalue weighted by molar-refractivity contribution is 0.0902. The van der Waals surface area contributed by atoms with Crippen LogP contribution in [-0.4, -0.2) is 33.2 Å². The predicted molar refractivity (Wildman–Crippen MR) is 42.3 cm³/mol. The van der Waals surface area contributed by atoms with Crippen molar-refractivity contribution in [3.63, 3.8) is 0 Å². The first-order valence-electron chi connectivity index (χ1n) is 3.08. The first-order valence-corrected chi connectivity index (χ1v) is 5.14. The fourth-order valence-corrected chi connectivity index (χ4v) is 0.765. The highest BCUT2D eigenvalue weighted by Crippen LogP contribution is 1.88. The predicted octanol–water partition coefficient (Wildman–Crippen LogP) is 0.328. The molecule has 0 bridgehead atoms. The van der Waals surface area contributed by atoms with Gasteiger partial charge in [0.05, 0.1) is 12.0 Å². The lowest BCUT2D eigenvalue weighted by atomic mass is 10.9. The summed E-state index contributed by atoms with van der Waals surface area (Å²) in [4.78, 5) is 10.4. The van der Waals surface area contributed by atoms with Crippen LogP contribution in [0, 0.1) is 0 Å². The third kappa shape index (κ3) is 7.07. The third-order valence-electron chi connectivity index (χ3n) is 0.854. The zero-order valence-electron chi connectivity index (χ0n) is 6.65. The molecule has 6 heteroatoms. The van der Waals surface area contributed by atoms with Crippen molar-refractivity contribution in [2.45, 2.75) is 0 Å². The summed E-state index contributed by atoms with van der Waals surface area (Å²) < 4.78 is 29.5. The van der Waals surface area contributed by atoms with E-state index in [1.165, 1.54) is 0 Å². The summed E-state index contributed by atoms with van der Waals surface area (Å²) in [6.45, 7) is 2.91. The molecule has 12 heavy (non-hydrogen) atoms. The molecule has 0 aliphatic carbocycles. The van der Waals surface area contributed by atoms with Crippen LogP contribution in [0.15, 0.2) is 12.8 Å². The molecule has 0 aliphatic rings. The smallest absolute Gasteiger partial charge is 0.433 e. The Balaban J connectivity index is 3.57. The van der Waals surface area contributed by atoms with Crippen molar-refractivity contribution in [1.82, 2.24) is 0 Å². The van der Waals surface area contributed by atoms with Gasteiger partial charge in [0, 0.05) is 6.26 Å². The van der Waals surface area contributed by atoms with E-state index in [2.05, 4.69) is 16.1 Å². The molecule has 0 rings (SSSR count). The summed E-state index contributed by atoms with van der Waals surface area (Å²) in [5.74, 6) is -0.209. The molecule has 0 spiro atoms. The summed E-state index contributed by atoms with van der Waals surface area (Å²) in [6, 6.07) is 0. The monoisotopic (exact) mass is 194 g/mol. The molecule has 70 valence electrons. The second-order valence-electron chi connectivity index (χ2n) is 2.01. The summed E-state index contributed by atoms with van der Waals surface area (Å²) in [7, 11) is -3.09. The number of hydrogen-bond donors (Lipinski definition) is 0. The molecule has 0 aromatic carbocycles. The topological polar surface area (TPSA) is 69.7 Å². The van der Waals surface area contributed by atoms with Crippen LogP contribution in [0.3, 0.4) is 0 Å². The van der Waals surface area contributed by atoms with Gasteiger partial charge in [0.15, 0.2) is 9.84 Å². The molecular formula is C6H10O5S. The first kappa shape index (κ1) is 11.0. The van der Waals surface area contributed by atoms with Crippen LogP contribution in [0.2, 0.25) is 0 Å². The molecule has 0 saturated carbocycles. The minimum absolute atomic E-state index is 0.203. The fourth-order valence-electron chi connectivity index (χ4n) is 0.378. The molecule has 0 amide bonds. The van der Waals surface area contributed by atoms with E-state index in [9.17, 15) is 13.2 Å². The van der Waals surface area contributed by atoms with Crippen LogP contribution in [0.4, 0.5) is 4.79 Å². The van der Waals surface area contributed by atoms with E-state index >= 15 is 0 Å². The Morgan fingerprint density at radius 3 is 2.58 bits per heavy atom. The normalized spacial score (nSPS) is 10.4. The second kappa shape index (κ2) is 4.76. The van der Waals surface area contributed by atoms with Gasteiger partial charge in [-0.1, -0.05) is 6.58 Å². The van der Waals surface area contributed by atoms with Crippen molar-refractivity contribution in [2.75, 3.05) is 18.6 Å². The number of sulfone groups is 1. The maximum Gasteiger partial charge on any atom is 0.513 e. The van der Waals surface area contributed by atoms with Gasteiger partial charge < -0.3 is 9.47 Å². The van der Waals surface area contributed by atoms with Gasteiger partial charge in [-0.3, -0.25) is 0 Å². The van der Waals surface area contributed by atoms with E-state index in [4.69, 9.17) is 0 Å². The maximum absolute atomic E-state index is 10.5. The van der Waals surface area contributed by atoms with Gasteiger partial charge in [-0.25, -0.2) is 13.2 Å². The highest BCUT2D eigenvalue weighted by Gasteiger charge is 2.05. The first-order chi connectivity index (χ1) is 5.45. The maximum atomic E-state index is 10.5. The summed E-state index contributed by atoms with van der Waals surface area (Å²) in [5, 5.41) is 0. The minimum Gasteiger partial charge on any atom is -0.433 e. The van der Waals surface area contributed by atoms with Crippen LogP contribution in [-0.2, 0) is 19.3 Å². The molecule has 0 aliphatic heterocycles. The van der Waals surface area contributed by atoms with Crippen LogP contribution in [0.25, 0.3) is 0 Å². The Labute approximate surface area is 70.9 Å². The number of ether oxygens (including phenoxy) is 2. The van der Waals surface area contributed by atoms with Crippen molar-refractivity contribution < 1.29 is 22.7 Å². The molecular weight excluding hydrogens is 184 g/mol. The van der Waals surface area contributed by atoms with E-state index in [0.717, 1.165) is 12.5 Å². The number of carbonyl (C=O) groups excluding carboxylic acids is 1. The van der Waals surface area contributed by atoms with Crippen LogP contribution < -0.4 is 0 Å². The van der Waals surface area contributed by atoms with Gasteiger partial charge in [0.2, 0.25) is 0 Å². The number of rotatable bonds is 4. The van der Waals surface area contributed by atoms with Crippen molar-refractivity contribution >= 4 is 16.0 Å². The minimum atomic E-state index is -3.09. The van der Waals surface area contributed by atoms with Gasteiger partial charge in [-0.2, -0.15) is 0 Å². The molecule has 0 aromatic rings. The number of carbonyl (C=O) groups is 1. The van der Waals surface area contributed by atoms with Gasteiger partial charge in [0.1, 0.15) is 6.61 Å². The lowest BCUT2D eigenvalue weighted by Gasteiger charge is -2.00. The number of hydrogen-bond acceptors (Lipinski definition) is 5. The summed E-state index contributed by atoms with van der Waals surface area (Å²) in [6.07, 6.45) is 1.01. The van der Waals surface area contributed by atoms with E-state index in [0.29, 0.717) is 0 Å². The standard InChI is InChI=1S/C6H10O5S/c1-3-10-6(7)11-4-5-12(2,8)9/h3H,1,4-5H2,2H3. The third-order valence-corrected chi connectivity index (χ3v) is 1.76. The molecule has 0 radical (unpaired) electrons. The fraction of sp³-hybridized carbons (Fsp3) is 0.500. The zero-order valence-corrected chi connectivity index (χ0v) is 7.46. The van der Waals surface area contributed by atoms with E-state index in [1.54, 1.807) is 0 Å². The van der Waals surface area contributed by atoms with Gasteiger partial charge in [0.25, 0.3) is 0 Å². The highest BCUT2D eigenvalue weighted by molar-refractivity contribution is 7.90. The second-order valence-corrected chi connectivity index (χ2v) is 4.27. The van der Waals surface area contributed by atoms with Gasteiger partial charge >= 0.3 is 6.16 Å². The SMILES string of the molecule is C=COC(=O)OCCS(C)(=O)=O. The van der Waals surface area contributed by atoms with Crippen LogP contribution in [0.1, 0.15) is 0 Å². The Hall–Kier alpha value is -1.04. The average Bonchev–Trinajstić information content (AvgIpc) is 1.84. The average molecular weight is 194 g/mol. The van der Waals surface area contributed by atoms with E-state index < -0.39 is 16.0 Å². The van der Waals surface area contributed by atoms with Crippen molar-refractivity contribution in [3.05, 3.63) is 12.8 Å². The van der Waals surface area contributed by atoms with Gasteiger partial charge in [-0.05, 0) is 0 Å². The van der Waals surface area contributed by atoms with E-state index in [-0.39, 0.29) is 12.4 Å². The Morgan fingerprint density at radius 2 is 2.17 bits per heavy atom. The van der Waals surface area contributed by atoms with Gasteiger partial charge in [-0.15, -0.1) is 0 Å². The molecule has 0 fully saturated rings. The molecule has 0 aromatic heterocycles. The molecule has 0 unspecified atom stereocenters. The molecule has 5 nitrogen and oxygen atoms in total. The summed E-state index contributed by atoms with van der Waals surface area (Å²) >= 11 is 0. The molecule has 0 N–H and O–H groups in total. The van der Waals surface area contributed by atoms with Crippen molar-refractivity contribution in [3.8, 4) is 0 Å². The largest absolute Gasteiger partial charge is 0.513 e. The van der Waals surface area contributed by atoms with Crippen LogP contribution in [0.5, 0.6) is 0 Å². The Bertz CT molecular complexity index is 253. The molecule has 0 atom stereocenters. The van der Waals surface area contributed by atoms with Crippen molar-refractivity contribution in [2.24, 2.45) is 0 Å². The van der Waals surface area contributed by atoms with Crippen LogP contribution >= 0.6 is 0 Å². The van der Waals surface area contributed by atoms with Crippen molar-refractivity contribution in [1.29, 1.82) is 0 Å². The Morgan fingerprint density at radius 1 is 1.58 bits per heavy atom. The highest BCUT2D eigenvalue weighted by atomic mass is 32.2. The summed E-state index contributed by atoms with van der Waals surface area (Å²) in [5.41, 5.74) is 0. The Kier molecular flexibility index (Phi) is 4.35.